The van der Waals surface area contributed by atoms with Crippen molar-refractivity contribution in [1.29, 1.82) is 0 Å². The first-order valence-corrected chi connectivity index (χ1v) is 2.44. The number of H-pyrrole nitrogens is 1. The molecule has 2 N–H and O–H groups in total. The predicted octanol–water partition coefficient (Wildman–Crippen LogP) is -0.237. The molecule has 0 aliphatic rings. The monoisotopic (exact) mass is 124 g/mol. The summed E-state index contributed by atoms with van der Waals surface area (Å²) >= 11 is 0. The third kappa shape index (κ3) is 0.426. The number of hydrogen-bond acceptors (Lipinski definition) is 3. The van der Waals surface area contributed by atoms with E-state index >= 15 is 0 Å². The zero-order valence-electron chi connectivity index (χ0n) is 4.44. The summed E-state index contributed by atoms with van der Waals surface area (Å²) in [6.45, 7) is 0. The highest BCUT2D eigenvalue weighted by Crippen LogP contribution is 2.11. The summed E-state index contributed by atoms with van der Waals surface area (Å²) in [6, 6.07) is 0. The first-order chi connectivity index (χ1) is 4.38. The SMILES string of the molecule is Oc1cnn2nc[nH]c12. The van der Waals surface area contributed by atoms with Gasteiger partial charge in [0.05, 0.1) is 6.20 Å². The molecule has 0 aliphatic carbocycles. The van der Waals surface area contributed by atoms with Crippen LogP contribution < -0.4 is 0 Å². The maximum absolute atomic E-state index is 8.95. The lowest BCUT2D eigenvalue weighted by Gasteiger charge is -1.75. The number of rotatable bonds is 0. The molecule has 0 amide bonds. The number of nitrogens with zero attached hydrogens (tertiary/aromatic N) is 3. The van der Waals surface area contributed by atoms with Gasteiger partial charge < -0.3 is 10.1 Å². The van der Waals surface area contributed by atoms with Gasteiger partial charge in [-0.2, -0.15) is 5.10 Å². The molecule has 0 bridgehead atoms. The molecule has 0 aliphatic heterocycles. The van der Waals surface area contributed by atoms with Gasteiger partial charge in [-0.3, -0.25) is 0 Å². The van der Waals surface area contributed by atoms with Gasteiger partial charge in [-0.05, 0) is 0 Å². The maximum Gasteiger partial charge on any atom is 0.197 e. The van der Waals surface area contributed by atoms with E-state index in [1.54, 1.807) is 0 Å². The Morgan fingerprint density at radius 1 is 1.56 bits per heavy atom. The van der Waals surface area contributed by atoms with Gasteiger partial charge in [-0.25, -0.2) is 0 Å². The Labute approximate surface area is 49.9 Å². The van der Waals surface area contributed by atoms with Crippen LogP contribution in [-0.2, 0) is 0 Å². The smallest absolute Gasteiger partial charge is 0.197 e. The average molecular weight is 124 g/mol. The number of aromatic nitrogens is 4. The predicted molar refractivity (Wildman–Crippen MR) is 29.0 cm³/mol. The largest absolute Gasteiger partial charge is 0.503 e. The van der Waals surface area contributed by atoms with E-state index in [1.807, 2.05) is 0 Å². The Morgan fingerprint density at radius 3 is 3.22 bits per heavy atom. The summed E-state index contributed by atoms with van der Waals surface area (Å²) < 4.78 is 1.31. The number of nitrogens with one attached hydrogen (secondary N) is 1. The van der Waals surface area contributed by atoms with Crippen LogP contribution in [0.5, 0.6) is 5.75 Å². The lowest BCUT2D eigenvalue weighted by molar-refractivity contribution is 0.480. The van der Waals surface area contributed by atoms with Crippen molar-refractivity contribution in [3.05, 3.63) is 12.5 Å². The van der Waals surface area contributed by atoms with Gasteiger partial charge in [0.25, 0.3) is 0 Å². The van der Waals surface area contributed by atoms with Crippen molar-refractivity contribution < 1.29 is 5.11 Å². The molecular formula is C4H4N4O. The molecule has 9 heavy (non-hydrogen) atoms. The van der Waals surface area contributed by atoms with Gasteiger partial charge in [0.2, 0.25) is 0 Å². The van der Waals surface area contributed by atoms with Crippen LogP contribution in [0.15, 0.2) is 12.5 Å². The highest BCUT2D eigenvalue weighted by Gasteiger charge is 2.00. The molecule has 2 aromatic heterocycles. The topological polar surface area (TPSA) is 66.2 Å². The molecule has 0 unspecified atom stereocenters. The molecule has 0 saturated heterocycles. The molecule has 0 saturated carbocycles. The normalized spacial score (nSPS) is 10.7. The van der Waals surface area contributed by atoms with Crippen LogP contribution in [0.3, 0.4) is 0 Å². The summed E-state index contributed by atoms with van der Waals surface area (Å²) in [7, 11) is 0. The van der Waals surface area contributed by atoms with E-state index in [0.717, 1.165) is 0 Å². The maximum atomic E-state index is 8.95. The van der Waals surface area contributed by atoms with Crippen molar-refractivity contribution in [2.24, 2.45) is 0 Å². The third-order valence-corrected chi connectivity index (χ3v) is 1.10. The van der Waals surface area contributed by atoms with Gasteiger partial charge >= 0.3 is 0 Å². The van der Waals surface area contributed by atoms with Crippen molar-refractivity contribution in [1.82, 2.24) is 19.8 Å². The fraction of sp³-hybridized carbons (Fsp3) is 0. The van der Waals surface area contributed by atoms with Gasteiger partial charge in [0, 0.05) is 0 Å². The summed E-state index contributed by atoms with van der Waals surface area (Å²) in [4.78, 5) is 2.71. The number of hydrogen-bond donors (Lipinski definition) is 2. The third-order valence-electron chi connectivity index (χ3n) is 1.10. The molecule has 0 radical (unpaired) electrons. The minimum atomic E-state index is 0.118. The van der Waals surface area contributed by atoms with E-state index in [9.17, 15) is 0 Å². The molecule has 2 rings (SSSR count). The fourth-order valence-corrected chi connectivity index (χ4v) is 0.695. The minimum absolute atomic E-state index is 0.118. The second-order valence-corrected chi connectivity index (χ2v) is 1.66. The lowest BCUT2D eigenvalue weighted by Crippen LogP contribution is -1.82. The average Bonchev–Trinajstić information content (AvgIpc) is 2.35. The minimum Gasteiger partial charge on any atom is -0.503 e. The Kier molecular flexibility index (Phi) is 0.606. The molecule has 5 nitrogen and oxygen atoms in total. The Bertz CT molecular complexity index is 322. The Morgan fingerprint density at radius 2 is 2.44 bits per heavy atom. The molecule has 2 heterocycles. The molecule has 46 valence electrons. The first kappa shape index (κ1) is 4.37. The number of aromatic hydroxyl groups is 1. The Hall–Kier alpha value is -1.52. The van der Waals surface area contributed by atoms with Crippen LogP contribution in [0.1, 0.15) is 0 Å². The molecule has 0 atom stereocenters. The van der Waals surface area contributed by atoms with E-state index in [-0.39, 0.29) is 5.75 Å². The molecule has 0 fully saturated rings. The molecule has 5 heteroatoms. The van der Waals surface area contributed by atoms with Gasteiger partial charge in [0.1, 0.15) is 6.33 Å². The lowest BCUT2D eigenvalue weighted by atomic mass is 10.6. The number of fused-ring (bicyclic) bond motifs is 1. The molecular weight excluding hydrogens is 120 g/mol. The molecule has 0 aromatic carbocycles. The van der Waals surface area contributed by atoms with E-state index in [2.05, 4.69) is 15.2 Å². The highest BCUT2D eigenvalue weighted by atomic mass is 16.3. The van der Waals surface area contributed by atoms with E-state index in [0.29, 0.717) is 5.65 Å². The van der Waals surface area contributed by atoms with Crippen LogP contribution in [-0.4, -0.2) is 24.9 Å². The molecule has 2 aromatic rings. The summed E-state index contributed by atoms with van der Waals surface area (Å²) in [5, 5.41) is 16.4. The van der Waals surface area contributed by atoms with E-state index in [1.165, 1.54) is 17.2 Å². The molecule has 0 spiro atoms. The van der Waals surface area contributed by atoms with Crippen LogP contribution in [0, 0.1) is 0 Å². The Balaban J connectivity index is 2.99. The first-order valence-electron chi connectivity index (χ1n) is 2.44. The van der Waals surface area contributed by atoms with E-state index in [4.69, 9.17) is 5.11 Å². The van der Waals surface area contributed by atoms with Gasteiger partial charge in [-0.15, -0.1) is 9.73 Å². The zero-order valence-corrected chi connectivity index (χ0v) is 4.44. The van der Waals surface area contributed by atoms with Crippen molar-refractivity contribution in [3.8, 4) is 5.75 Å². The number of aromatic amines is 1. The van der Waals surface area contributed by atoms with Gasteiger partial charge in [-0.1, -0.05) is 0 Å². The second kappa shape index (κ2) is 1.25. The fourth-order valence-electron chi connectivity index (χ4n) is 0.695. The van der Waals surface area contributed by atoms with Crippen molar-refractivity contribution in [2.45, 2.75) is 0 Å². The summed E-state index contributed by atoms with van der Waals surface area (Å²) in [5.41, 5.74) is 0.523. The van der Waals surface area contributed by atoms with Crippen molar-refractivity contribution in [2.75, 3.05) is 0 Å². The van der Waals surface area contributed by atoms with Gasteiger partial charge in [0.15, 0.2) is 11.4 Å². The van der Waals surface area contributed by atoms with E-state index < -0.39 is 0 Å². The van der Waals surface area contributed by atoms with Crippen LogP contribution in [0.4, 0.5) is 0 Å². The van der Waals surface area contributed by atoms with Crippen LogP contribution in [0.2, 0.25) is 0 Å². The highest BCUT2D eigenvalue weighted by molar-refractivity contribution is 5.49. The van der Waals surface area contributed by atoms with Crippen molar-refractivity contribution in [3.63, 3.8) is 0 Å². The quantitative estimate of drug-likeness (QED) is 0.509. The summed E-state index contributed by atoms with van der Waals surface area (Å²) in [5.74, 6) is 0.118. The zero-order chi connectivity index (χ0) is 6.27. The van der Waals surface area contributed by atoms with Crippen molar-refractivity contribution >= 4 is 5.65 Å². The summed E-state index contributed by atoms with van der Waals surface area (Å²) in [6.07, 6.45) is 2.79. The van der Waals surface area contributed by atoms with Crippen LogP contribution in [0.25, 0.3) is 5.65 Å². The standard InChI is InChI=1S/C4H4N4O/c9-3-1-6-8-4(3)5-2-7-8/h1-2,9H,(H,5,7). The second-order valence-electron chi connectivity index (χ2n) is 1.66. The van der Waals surface area contributed by atoms with Crippen LogP contribution >= 0.6 is 0 Å².